The zero-order valence-electron chi connectivity index (χ0n) is 12.2. The first-order chi connectivity index (χ1) is 10.4. The van der Waals surface area contributed by atoms with Crippen LogP contribution in [0.15, 0.2) is 53.1 Å². The van der Waals surface area contributed by atoms with Gasteiger partial charge in [-0.1, -0.05) is 30.3 Å². The molecule has 2 aromatic rings. The van der Waals surface area contributed by atoms with Crippen LogP contribution in [-0.4, -0.2) is 24.0 Å². The zero-order valence-corrected chi connectivity index (χ0v) is 12.2. The van der Waals surface area contributed by atoms with Gasteiger partial charge in [-0.15, -0.1) is 0 Å². The van der Waals surface area contributed by atoms with Crippen LogP contribution in [0.4, 0.5) is 0 Å². The highest BCUT2D eigenvalue weighted by molar-refractivity contribution is 5.21. The minimum absolute atomic E-state index is 0.436. The molecule has 3 nitrogen and oxygen atoms in total. The Bertz CT molecular complexity index is 562. The molecule has 0 bridgehead atoms. The summed E-state index contributed by atoms with van der Waals surface area (Å²) in [7, 11) is 0. The summed E-state index contributed by atoms with van der Waals surface area (Å²) in [6.45, 7) is 3.05. The largest absolute Gasteiger partial charge is 0.468 e. The molecule has 4 rings (SSSR count). The van der Waals surface area contributed by atoms with Gasteiger partial charge in [-0.3, -0.25) is 4.90 Å². The molecule has 1 aliphatic heterocycles. The van der Waals surface area contributed by atoms with Gasteiger partial charge in [0.1, 0.15) is 5.76 Å². The van der Waals surface area contributed by atoms with E-state index in [1.54, 1.807) is 6.26 Å². The highest BCUT2D eigenvalue weighted by Crippen LogP contribution is 2.36. The molecule has 110 valence electrons. The monoisotopic (exact) mass is 282 g/mol. The van der Waals surface area contributed by atoms with Gasteiger partial charge in [0, 0.05) is 25.2 Å². The summed E-state index contributed by atoms with van der Waals surface area (Å²) in [4.78, 5) is 2.58. The maximum atomic E-state index is 5.57. The van der Waals surface area contributed by atoms with Gasteiger partial charge < -0.3 is 9.73 Å². The van der Waals surface area contributed by atoms with Crippen molar-refractivity contribution in [1.82, 2.24) is 10.2 Å². The van der Waals surface area contributed by atoms with E-state index < -0.39 is 0 Å². The molecule has 1 aliphatic carbocycles. The van der Waals surface area contributed by atoms with Crippen LogP contribution in [0, 0.1) is 5.92 Å². The van der Waals surface area contributed by atoms with Crippen LogP contribution in [0.1, 0.15) is 30.2 Å². The van der Waals surface area contributed by atoms with E-state index in [4.69, 9.17) is 4.42 Å². The standard InChI is InChI=1S/C18H22N2O/c1-2-5-15(6-3-1)18-11-19-17(14-8-9-14)13-20(18)12-16-7-4-10-21-16/h1-7,10,14,17-19H,8-9,11-13H2. The highest BCUT2D eigenvalue weighted by atomic mass is 16.3. The maximum absolute atomic E-state index is 5.57. The van der Waals surface area contributed by atoms with Crippen LogP contribution in [-0.2, 0) is 6.54 Å². The first-order valence-electron chi connectivity index (χ1n) is 7.95. The van der Waals surface area contributed by atoms with Crippen LogP contribution in [0.5, 0.6) is 0 Å². The zero-order chi connectivity index (χ0) is 14.1. The Morgan fingerprint density at radius 2 is 1.95 bits per heavy atom. The summed E-state index contributed by atoms with van der Waals surface area (Å²) in [5.74, 6) is 1.95. The quantitative estimate of drug-likeness (QED) is 0.933. The number of piperazine rings is 1. The SMILES string of the molecule is c1ccc(C2CNC(C3CC3)CN2Cc2ccco2)cc1. The van der Waals surface area contributed by atoms with E-state index in [1.165, 1.54) is 18.4 Å². The van der Waals surface area contributed by atoms with Gasteiger partial charge in [0.15, 0.2) is 0 Å². The Labute approximate surface area is 126 Å². The van der Waals surface area contributed by atoms with Crippen molar-refractivity contribution in [2.24, 2.45) is 5.92 Å². The van der Waals surface area contributed by atoms with E-state index in [0.29, 0.717) is 12.1 Å². The predicted octanol–water partition coefficient (Wildman–Crippen LogP) is 3.20. The third-order valence-electron chi connectivity index (χ3n) is 4.76. The number of nitrogens with zero attached hydrogens (tertiary/aromatic N) is 1. The summed E-state index contributed by atoms with van der Waals surface area (Å²) in [6, 6.07) is 16.0. The number of hydrogen-bond donors (Lipinski definition) is 1. The van der Waals surface area contributed by atoms with Crippen molar-refractivity contribution in [3.05, 3.63) is 60.1 Å². The molecule has 0 spiro atoms. The Morgan fingerprint density at radius 1 is 1.10 bits per heavy atom. The molecule has 1 N–H and O–H groups in total. The molecule has 1 saturated carbocycles. The first kappa shape index (κ1) is 13.1. The van der Waals surface area contributed by atoms with Gasteiger partial charge in [0.05, 0.1) is 12.8 Å². The Kier molecular flexibility index (Phi) is 3.53. The fourth-order valence-corrected chi connectivity index (χ4v) is 3.43. The lowest BCUT2D eigenvalue weighted by molar-refractivity contribution is 0.106. The maximum Gasteiger partial charge on any atom is 0.117 e. The van der Waals surface area contributed by atoms with Crippen LogP contribution >= 0.6 is 0 Å². The topological polar surface area (TPSA) is 28.4 Å². The Morgan fingerprint density at radius 3 is 2.67 bits per heavy atom. The second kappa shape index (κ2) is 5.66. The van der Waals surface area contributed by atoms with Gasteiger partial charge >= 0.3 is 0 Å². The van der Waals surface area contributed by atoms with E-state index in [9.17, 15) is 0 Å². The van der Waals surface area contributed by atoms with Crippen LogP contribution < -0.4 is 5.32 Å². The lowest BCUT2D eigenvalue weighted by Crippen LogP contribution is -2.52. The second-order valence-electron chi connectivity index (χ2n) is 6.29. The van der Waals surface area contributed by atoms with Crippen molar-refractivity contribution in [2.75, 3.05) is 13.1 Å². The van der Waals surface area contributed by atoms with Crippen molar-refractivity contribution in [3.8, 4) is 0 Å². The third kappa shape index (κ3) is 2.89. The lowest BCUT2D eigenvalue weighted by Gasteiger charge is -2.40. The second-order valence-corrected chi connectivity index (χ2v) is 6.29. The molecule has 1 aromatic heterocycles. The molecule has 1 saturated heterocycles. The van der Waals surface area contributed by atoms with Gasteiger partial charge in [0.2, 0.25) is 0 Å². The number of benzene rings is 1. The summed E-state index contributed by atoms with van der Waals surface area (Å²) in [6.07, 6.45) is 4.55. The van der Waals surface area contributed by atoms with Gasteiger partial charge in [-0.2, -0.15) is 0 Å². The Hall–Kier alpha value is -1.58. The first-order valence-corrected chi connectivity index (χ1v) is 7.95. The van der Waals surface area contributed by atoms with Crippen molar-refractivity contribution >= 4 is 0 Å². The van der Waals surface area contributed by atoms with E-state index in [2.05, 4.69) is 46.6 Å². The fraction of sp³-hybridized carbons (Fsp3) is 0.444. The third-order valence-corrected chi connectivity index (χ3v) is 4.76. The summed E-state index contributed by atoms with van der Waals surface area (Å²) in [5.41, 5.74) is 1.39. The van der Waals surface area contributed by atoms with Crippen molar-refractivity contribution in [2.45, 2.75) is 31.5 Å². The molecule has 2 atom stereocenters. The van der Waals surface area contributed by atoms with Crippen LogP contribution in [0.2, 0.25) is 0 Å². The average Bonchev–Trinajstić information content (AvgIpc) is 3.26. The van der Waals surface area contributed by atoms with E-state index in [0.717, 1.165) is 31.3 Å². The van der Waals surface area contributed by atoms with Crippen molar-refractivity contribution in [1.29, 1.82) is 0 Å². The van der Waals surface area contributed by atoms with Gasteiger partial charge in [0.25, 0.3) is 0 Å². The van der Waals surface area contributed by atoms with E-state index in [1.807, 2.05) is 6.07 Å². The van der Waals surface area contributed by atoms with Crippen molar-refractivity contribution in [3.63, 3.8) is 0 Å². The molecule has 2 heterocycles. The van der Waals surface area contributed by atoms with Crippen LogP contribution in [0.25, 0.3) is 0 Å². The van der Waals surface area contributed by atoms with Gasteiger partial charge in [-0.05, 0) is 36.5 Å². The lowest BCUT2D eigenvalue weighted by atomic mass is 9.99. The fourth-order valence-electron chi connectivity index (χ4n) is 3.43. The minimum atomic E-state index is 0.436. The highest BCUT2D eigenvalue weighted by Gasteiger charge is 2.37. The average molecular weight is 282 g/mol. The molecule has 0 amide bonds. The number of rotatable bonds is 4. The molecular weight excluding hydrogens is 260 g/mol. The molecule has 0 radical (unpaired) electrons. The minimum Gasteiger partial charge on any atom is -0.468 e. The smallest absolute Gasteiger partial charge is 0.117 e. The summed E-state index contributed by atoms with van der Waals surface area (Å²) < 4.78 is 5.57. The molecule has 21 heavy (non-hydrogen) atoms. The summed E-state index contributed by atoms with van der Waals surface area (Å²) in [5, 5.41) is 3.77. The van der Waals surface area contributed by atoms with Crippen LogP contribution in [0.3, 0.4) is 0 Å². The number of hydrogen-bond acceptors (Lipinski definition) is 3. The molecular formula is C18H22N2O. The molecule has 2 aliphatic rings. The molecule has 3 heteroatoms. The van der Waals surface area contributed by atoms with Gasteiger partial charge in [-0.25, -0.2) is 0 Å². The van der Waals surface area contributed by atoms with Crippen molar-refractivity contribution < 1.29 is 4.42 Å². The number of nitrogens with one attached hydrogen (secondary N) is 1. The normalized spacial score (nSPS) is 26.9. The molecule has 2 unspecified atom stereocenters. The Balaban J connectivity index is 1.55. The van der Waals surface area contributed by atoms with E-state index in [-0.39, 0.29) is 0 Å². The molecule has 1 aromatic carbocycles. The summed E-state index contributed by atoms with van der Waals surface area (Å²) >= 11 is 0. The number of furan rings is 1. The molecule has 2 fully saturated rings. The predicted molar refractivity (Wildman–Crippen MR) is 82.8 cm³/mol. The van der Waals surface area contributed by atoms with E-state index >= 15 is 0 Å².